The minimum atomic E-state index is -0.523. The maximum atomic E-state index is 13.5. The van der Waals surface area contributed by atoms with Gasteiger partial charge in [0.05, 0.1) is 10.7 Å². The van der Waals surface area contributed by atoms with Crippen LogP contribution in [0, 0.1) is 5.82 Å². The van der Waals surface area contributed by atoms with E-state index in [1.165, 1.54) is 12.1 Å². The first kappa shape index (κ1) is 14.8. The van der Waals surface area contributed by atoms with Crippen LogP contribution in [0.3, 0.4) is 0 Å². The van der Waals surface area contributed by atoms with Gasteiger partial charge in [-0.2, -0.15) is 0 Å². The Morgan fingerprint density at radius 1 is 1.30 bits per heavy atom. The molecule has 0 bridgehead atoms. The fourth-order valence-electron chi connectivity index (χ4n) is 1.48. The summed E-state index contributed by atoms with van der Waals surface area (Å²) in [4.78, 5) is 11.7. The highest BCUT2D eigenvalue weighted by atomic mass is 79.9. The van der Waals surface area contributed by atoms with Crippen molar-refractivity contribution in [2.24, 2.45) is 0 Å². The zero-order valence-corrected chi connectivity index (χ0v) is 12.5. The molecule has 0 aromatic heterocycles. The van der Waals surface area contributed by atoms with E-state index >= 15 is 0 Å². The first-order valence-corrected chi connectivity index (χ1v) is 6.85. The Kier molecular flexibility index (Phi) is 4.98. The third-order valence-electron chi connectivity index (χ3n) is 2.40. The van der Waals surface area contributed by atoms with Crippen LogP contribution >= 0.6 is 27.5 Å². The number of halogens is 3. The highest BCUT2D eigenvalue weighted by molar-refractivity contribution is 9.10. The number of carbonyl (C=O) groups excluding carboxylic acids is 1. The van der Waals surface area contributed by atoms with Crippen LogP contribution in [-0.4, -0.2) is 12.5 Å². The van der Waals surface area contributed by atoms with Crippen LogP contribution in [0.5, 0.6) is 5.75 Å². The molecule has 2 aromatic rings. The Morgan fingerprint density at radius 3 is 2.75 bits per heavy atom. The largest absolute Gasteiger partial charge is 0.482 e. The standard InChI is InChI=1S/C14H10BrClFNO2/c15-9-5-6-12(11(17)7-9)18-14(19)8-20-13-4-2-1-3-10(13)16/h1-7H,8H2,(H,18,19). The number of nitrogens with one attached hydrogen (secondary N) is 1. The van der Waals surface area contributed by atoms with Crippen molar-refractivity contribution < 1.29 is 13.9 Å². The minimum Gasteiger partial charge on any atom is -0.482 e. The van der Waals surface area contributed by atoms with Crippen molar-refractivity contribution in [3.05, 3.63) is 57.8 Å². The number of amides is 1. The molecule has 0 unspecified atom stereocenters. The average molecular weight is 359 g/mol. The second-order valence-corrected chi connectivity index (χ2v) is 5.21. The number of rotatable bonds is 4. The van der Waals surface area contributed by atoms with Gasteiger partial charge in [0.25, 0.3) is 5.91 Å². The van der Waals surface area contributed by atoms with Crippen molar-refractivity contribution in [2.75, 3.05) is 11.9 Å². The van der Waals surface area contributed by atoms with Gasteiger partial charge in [-0.25, -0.2) is 4.39 Å². The van der Waals surface area contributed by atoms with Crippen molar-refractivity contribution in [3.8, 4) is 5.75 Å². The monoisotopic (exact) mass is 357 g/mol. The second-order valence-electron chi connectivity index (χ2n) is 3.89. The van der Waals surface area contributed by atoms with Crippen LogP contribution in [0.25, 0.3) is 0 Å². The third-order valence-corrected chi connectivity index (χ3v) is 3.21. The molecule has 20 heavy (non-hydrogen) atoms. The van der Waals surface area contributed by atoms with Crippen molar-refractivity contribution in [1.29, 1.82) is 0 Å². The Balaban J connectivity index is 1.94. The molecule has 0 aliphatic carbocycles. The number of ether oxygens (including phenoxy) is 1. The number of hydrogen-bond acceptors (Lipinski definition) is 2. The third kappa shape index (κ3) is 3.95. The van der Waals surface area contributed by atoms with Crippen molar-refractivity contribution in [3.63, 3.8) is 0 Å². The molecular weight excluding hydrogens is 349 g/mol. The first-order chi connectivity index (χ1) is 9.56. The van der Waals surface area contributed by atoms with Gasteiger partial charge in [-0.1, -0.05) is 39.7 Å². The molecule has 1 amide bonds. The predicted molar refractivity (Wildman–Crippen MR) is 79.7 cm³/mol. The van der Waals surface area contributed by atoms with Gasteiger partial charge in [-0.15, -0.1) is 0 Å². The summed E-state index contributed by atoms with van der Waals surface area (Å²) in [6.45, 7) is -0.251. The van der Waals surface area contributed by atoms with Crippen LogP contribution in [0.15, 0.2) is 46.9 Å². The van der Waals surface area contributed by atoms with Gasteiger partial charge in [0, 0.05) is 4.47 Å². The van der Waals surface area contributed by atoms with Gasteiger partial charge in [-0.3, -0.25) is 4.79 Å². The van der Waals surface area contributed by atoms with E-state index in [9.17, 15) is 9.18 Å². The molecule has 3 nitrogen and oxygen atoms in total. The molecule has 0 aliphatic rings. The summed E-state index contributed by atoms with van der Waals surface area (Å²) >= 11 is 9.03. The lowest BCUT2D eigenvalue weighted by atomic mass is 10.3. The summed E-state index contributed by atoms with van der Waals surface area (Å²) in [7, 11) is 0. The summed E-state index contributed by atoms with van der Waals surface area (Å²) in [6, 6.07) is 11.2. The fraction of sp³-hybridized carbons (Fsp3) is 0.0714. The molecular formula is C14H10BrClFNO2. The normalized spacial score (nSPS) is 10.2. The zero-order valence-electron chi connectivity index (χ0n) is 10.2. The molecule has 1 N–H and O–H groups in total. The number of hydrogen-bond donors (Lipinski definition) is 1. The lowest BCUT2D eigenvalue weighted by molar-refractivity contribution is -0.118. The summed E-state index contributed by atoms with van der Waals surface area (Å²) in [5.74, 6) is -0.586. The number of para-hydroxylation sites is 1. The van der Waals surface area contributed by atoms with Gasteiger partial charge in [0.15, 0.2) is 6.61 Å². The van der Waals surface area contributed by atoms with Crippen LogP contribution in [-0.2, 0) is 4.79 Å². The van der Waals surface area contributed by atoms with Gasteiger partial charge in [-0.05, 0) is 30.3 Å². The maximum Gasteiger partial charge on any atom is 0.262 e. The van der Waals surface area contributed by atoms with Gasteiger partial charge < -0.3 is 10.1 Å². The predicted octanol–water partition coefficient (Wildman–Crippen LogP) is 4.26. The Labute approximate surface area is 128 Å². The highest BCUT2D eigenvalue weighted by Crippen LogP contribution is 2.23. The Hall–Kier alpha value is -1.59. The summed E-state index contributed by atoms with van der Waals surface area (Å²) in [5, 5.41) is 2.84. The number of anilines is 1. The van der Waals surface area contributed by atoms with E-state index in [4.69, 9.17) is 16.3 Å². The number of carbonyl (C=O) groups is 1. The molecule has 0 atom stereocenters. The second kappa shape index (κ2) is 6.72. The fourth-order valence-corrected chi connectivity index (χ4v) is 2.01. The summed E-state index contributed by atoms with van der Waals surface area (Å²) in [6.07, 6.45) is 0. The van der Waals surface area contributed by atoms with E-state index in [1.807, 2.05) is 0 Å². The molecule has 2 rings (SSSR count). The van der Waals surface area contributed by atoms with Crippen LogP contribution in [0.2, 0.25) is 5.02 Å². The van der Waals surface area contributed by atoms with E-state index in [1.54, 1.807) is 30.3 Å². The van der Waals surface area contributed by atoms with Gasteiger partial charge in [0.1, 0.15) is 11.6 Å². The van der Waals surface area contributed by atoms with Gasteiger partial charge in [0.2, 0.25) is 0 Å². The SMILES string of the molecule is O=C(COc1ccccc1Cl)Nc1ccc(Br)cc1F. The molecule has 0 heterocycles. The van der Waals surface area contributed by atoms with Crippen molar-refractivity contribution in [1.82, 2.24) is 0 Å². The van der Waals surface area contributed by atoms with E-state index in [0.717, 1.165) is 0 Å². The molecule has 0 saturated heterocycles. The highest BCUT2D eigenvalue weighted by Gasteiger charge is 2.09. The van der Waals surface area contributed by atoms with Crippen LogP contribution in [0.4, 0.5) is 10.1 Å². The molecule has 0 fully saturated rings. The van der Waals surface area contributed by atoms with Gasteiger partial charge >= 0.3 is 0 Å². The van der Waals surface area contributed by atoms with Crippen molar-refractivity contribution in [2.45, 2.75) is 0 Å². The molecule has 2 aromatic carbocycles. The van der Waals surface area contributed by atoms with E-state index in [2.05, 4.69) is 21.2 Å². The molecule has 0 aliphatic heterocycles. The van der Waals surface area contributed by atoms with Crippen LogP contribution in [0.1, 0.15) is 0 Å². The smallest absolute Gasteiger partial charge is 0.262 e. The average Bonchev–Trinajstić information content (AvgIpc) is 2.41. The van der Waals surface area contributed by atoms with Crippen LogP contribution < -0.4 is 10.1 Å². The molecule has 104 valence electrons. The van der Waals surface area contributed by atoms with E-state index in [-0.39, 0.29) is 12.3 Å². The van der Waals surface area contributed by atoms with E-state index < -0.39 is 11.7 Å². The topological polar surface area (TPSA) is 38.3 Å². The molecule has 6 heteroatoms. The molecule has 0 saturated carbocycles. The first-order valence-electron chi connectivity index (χ1n) is 5.68. The quantitative estimate of drug-likeness (QED) is 0.887. The number of benzene rings is 2. The lowest BCUT2D eigenvalue weighted by Gasteiger charge is -2.09. The lowest BCUT2D eigenvalue weighted by Crippen LogP contribution is -2.20. The maximum absolute atomic E-state index is 13.5. The molecule has 0 spiro atoms. The van der Waals surface area contributed by atoms with E-state index in [0.29, 0.717) is 15.2 Å². The summed E-state index contributed by atoms with van der Waals surface area (Å²) < 4.78 is 19.4. The Morgan fingerprint density at radius 2 is 2.05 bits per heavy atom. The summed E-state index contributed by atoms with van der Waals surface area (Å²) in [5.41, 5.74) is 0.0981. The van der Waals surface area contributed by atoms with Crippen molar-refractivity contribution >= 4 is 39.1 Å². The zero-order chi connectivity index (χ0) is 14.5. The molecule has 0 radical (unpaired) electrons. The minimum absolute atomic E-state index is 0.0981. The Bertz CT molecular complexity index is 636.